The van der Waals surface area contributed by atoms with Crippen LogP contribution in [0.1, 0.15) is 21.5 Å². The Bertz CT molecular complexity index is 649. The zero-order valence-electron chi connectivity index (χ0n) is 10.2. The minimum atomic E-state index is -1.53. The summed E-state index contributed by atoms with van der Waals surface area (Å²) in [5, 5.41) is 0.111. The predicted molar refractivity (Wildman–Crippen MR) is 73.2 cm³/mol. The van der Waals surface area contributed by atoms with Crippen LogP contribution in [0.4, 0.5) is 17.6 Å². The molecule has 0 N–H and O–H groups in total. The molecule has 0 heterocycles. The van der Waals surface area contributed by atoms with Crippen LogP contribution in [0.2, 0.25) is 5.02 Å². The number of aryl methyl sites for hydroxylation is 1. The molecule has 0 radical (unpaired) electrons. The van der Waals surface area contributed by atoms with Crippen LogP contribution in [0.15, 0.2) is 24.3 Å². The van der Waals surface area contributed by atoms with Crippen molar-refractivity contribution >= 4 is 27.5 Å². The van der Waals surface area contributed by atoms with E-state index in [1.807, 2.05) is 0 Å². The van der Waals surface area contributed by atoms with Gasteiger partial charge in [0.15, 0.2) is 17.5 Å². The number of rotatable bonds is 2. The molecule has 106 valence electrons. The summed E-state index contributed by atoms with van der Waals surface area (Å²) in [6.45, 7) is 1.54. The van der Waals surface area contributed by atoms with Gasteiger partial charge in [-0.15, -0.1) is 0 Å². The summed E-state index contributed by atoms with van der Waals surface area (Å²) in [4.78, 5) is -0.682. The van der Waals surface area contributed by atoms with E-state index in [0.29, 0.717) is 11.1 Å². The lowest BCUT2D eigenvalue weighted by molar-refractivity contribution is 0.445. The van der Waals surface area contributed by atoms with Crippen LogP contribution < -0.4 is 0 Å². The first-order valence-corrected chi connectivity index (χ1v) is 6.84. The van der Waals surface area contributed by atoms with Crippen LogP contribution in [0, 0.1) is 30.2 Å². The molecule has 20 heavy (non-hydrogen) atoms. The largest absolute Gasteiger partial charge is 0.207 e. The third kappa shape index (κ3) is 2.83. The van der Waals surface area contributed by atoms with Crippen molar-refractivity contribution in [2.45, 2.75) is 11.8 Å². The summed E-state index contributed by atoms with van der Waals surface area (Å²) < 4.78 is 52.7. The fourth-order valence-electron chi connectivity index (χ4n) is 1.77. The first-order valence-electron chi connectivity index (χ1n) is 5.55. The smallest absolute Gasteiger partial charge is 0.194 e. The minimum absolute atomic E-state index is 0.111. The van der Waals surface area contributed by atoms with Gasteiger partial charge in [-0.1, -0.05) is 33.6 Å². The van der Waals surface area contributed by atoms with Crippen LogP contribution in [0.3, 0.4) is 0 Å². The average molecular weight is 368 g/mol. The Labute approximate surface area is 126 Å². The minimum Gasteiger partial charge on any atom is -0.207 e. The molecular formula is C14H8BrClF4. The predicted octanol–water partition coefficient (Wildman–Crippen LogP) is 5.69. The van der Waals surface area contributed by atoms with Crippen LogP contribution in [-0.2, 0) is 0 Å². The highest BCUT2D eigenvalue weighted by molar-refractivity contribution is 9.09. The molecular weight excluding hydrogens is 360 g/mol. The van der Waals surface area contributed by atoms with E-state index in [2.05, 4.69) is 15.9 Å². The van der Waals surface area contributed by atoms with E-state index in [1.165, 1.54) is 6.07 Å². The quantitative estimate of drug-likeness (QED) is 0.363. The number of hydrogen-bond acceptors (Lipinski definition) is 0. The fourth-order valence-corrected chi connectivity index (χ4v) is 2.81. The number of benzene rings is 2. The second-order valence-electron chi connectivity index (χ2n) is 4.28. The van der Waals surface area contributed by atoms with Gasteiger partial charge >= 0.3 is 0 Å². The summed E-state index contributed by atoms with van der Waals surface area (Å²) >= 11 is 9.16. The molecule has 1 atom stereocenters. The van der Waals surface area contributed by atoms with Crippen LogP contribution >= 0.6 is 27.5 Å². The summed E-state index contributed by atoms with van der Waals surface area (Å²) in [5.41, 5.74) is 0.933. The molecule has 0 aliphatic heterocycles. The molecule has 2 aromatic rings. The van der Waals surface area contributed by atoms with E-state index in [1.54, 1.807) is 6.92 Å². The Morgan fingerprint density at radius 1 is 0.950 bits per heavy atom. The van der Waals surface area contributed by atoms with E-state index >= 15 is 0 Å². The maximum atomic E-state index is 13.3. The van der Waals surface area contributed by atoms with Crippen molar-refractivity contribution in [3.05, 3.63) is 69.2 Å². The Morgan fingerprint density at radius 3 is 2.05 bits per heavy atom. The SMILES string of the molecule is Cc1cc(C(Br)c2cc(F)c(F)c(F)c2)c(Cl)cc1F. The molecule has 0 aliphatic rings. The van der Waals surface area contributed by atoms with Gasteiger partial charge in [0, 0.05) is 5.02 Å². The second-order valence-corrected chi connectivity index (χ2v) is 5.61. The van der Waals surface area contributed by atoms with Gasteiger partial charge in [-0.05, 0) is 41.8 Å². The molecule has 0 aromatic heterocycles. The molecule has 0 aliphatic carbocycles. The lowest BCUT2D eigenvalue weighted by Gasteiger charge is -2.14. The molecule has 1 unspecified atom stereocenters. The zero-order valence-corrected chi connectivity index (χ0v) is 12.5. The maximum Gasteiger partial charge on any atom is 0.194 e. The molecule has 0 fully saturated rings. The topological polar surface area (TPSA) is 0 Å². The number of halogens is 6. The third-order valence-electron chi connectivity index (χ3n) is 2.85. The normalized spacial score (nSPS) is 12.6. The molecule has 0 saturated carbocycles. The van der Waals surface area contributed by atoms with Crippen molar-refractivity contribution in [2.24, 2.45) is 0 Å². The average Bonchev–Trinajstić information content (AvgIpc) is 2.38. The van der Waals surface area contributed by atoms with Crippen LogP contribution in [0.5, 0.6) is 0 Å². The summed E-state index contributed by atoms with van der Waals surface area (Å²) in [6.07, 6.45) is 0. The Balaban J connectivity index is 2.51. The molecule has 0 nitrogen and oxygen atoms in total. The lowest BCUT2D eigenvalue weighted by Crippen LogP contribution is -2.00. The lowest BCUT2D eigenvalue weighted by atomic mass is 10.0. The first kappa shape index (κ1) is 15.3. The molecule has 0 amide bonds. The highest BCUT2D eigenvalue weighted by Crippen LogP contribution is 2.37. The van der Waals surface area contributed by atoms with E-state index in [9.17, 15) is 17.6 Å². The van der Waals surface area contributed by atoms with Gasteiger partial charge in [-0.2, -0.15) is 0 Å². The van der Waals surface area contributed by atoms with Crippen molar-refractivity contribution < 1.29 is 17.6 Å². The first-order chi connectivity index (χ1) is 9.31. The zero-order chi connectivity index (χ0) is 15.0. The van der Waals surface area contributed by atoms with E-state index in [-0.39, 0.29) is 10.6 Å². The standard InChI is InChI=1S/C14H8BrClF4/c1-6-2-8(9(16)5-10(6)17)13(15)7-3-11(18)14(20)12(19)4-7/h2-5,13H,1H3. The number of hydrogen-bond donors (Lipinski definition) is 0. The highest BCUT2D eigenvalue weighted by Gasteiger charge is 2.19. The third-order valence-corrected chi connectivity index (χ3v) is 4.20. The Kier molecular flexibility index (Phi) is 4.39. The monoisotopic (exact) mass is 366 g/mol. The molecule has 2 rings (SSSR count). The van der Waals surface area contributed by atoms with Gasteiger partial charge in [-0.25, -0.2) is 17.6 Å². The van der Waals surface area contributed by atoms with E-state index in [4.69, 9.17) is 11.6 Å². The van der Waals surface area contributed by atoms with Gasteiger partial charge in [0.25, 0.3) is 0 Å². The van der Waals surface area contributed by atoms with Crippen molar-refractivity contribution in [1.29, 1.82) is 0 Å². The van der Waals surface area contributed by atoms with Crippen molar-refractivity contribution in [2.75, 3.05) is 0 Å². The molecule has 2 aromatic carbocycles. The highest BCUT2D eigenvalue weighted by atomic mass is 79.9. The van der Waals surface area contributed by atoms with E-state index in [0.717, 1.165) is 18.2 Å². The Morgan fingerprint density at radius 2 is 1.50 bits per heavy atom. The molecule has 0 spiro atoms. The van der Waals surface area contributed by atoms with Crippen molar-refractivity contribution in [3.63, 3.8) is 0 Å². The van der Waals surface area contributed by atoms with Gasteiger partial charge in [0.05, 0.1) is 4.83 Å². The van der Waals surface area contributed by atoms with E-state index < -0.39 is 28.1 Å². The van der Waals surface area contributed by atoms with Crippen molar-refractivity contribution in [3.8, 4) is 0 Å². The Hall–Kier alpha value is -1.07. The van der Waals surface area contributed by atoms with Crippen LogP contribution in [-0.4, -0.2) is 0 Å². The summed E-state index contributed by atoms with van der Waals surface area (Å²) in [6, 6.07) is 4.33. The van der Waals surface area contributed by atoms with Crippen molar-refractivity contribution in [1.82, 2.24) is 0 Å². The molecule has 0 saturated heterocycles. The van der Waals surface area contributed by atoms with Gasteiger partial charge in [0.1, 0.15) is 5.82 Å². The maximum absolute atomic E-state index is 13.3. The summed E-state index contributed by atoms with van der Waals surface area (Å²) in [5.74, 6) is -4.59. The molecule has 0 bridgehead atoms. The van der Waals surface area contributed by atoms with Gasteiger partial charge < -0.3 is 0 Å². The van der Waals surface area contributed by atoms with Gasteiger partial charge in [-0.3, -0.25) is 0 Å². The van der Waals surface area contributed by atoms with Crippen LogP contribution in [0.25, 0.3) is 0 Å². The fraction of sp³-hybridized carbons (Fsp3) is 0.143. The summed E-state index contributed by atoms with van der Waals surface area (Å²) in [7, 11) is 0. The second kappa shape index (κ2) is 5.74. The van der Waals surface area contributed by atoms with Gasteiger partial charge in [0.2, 0.25) is 0 Å². The molecule has 6 heteroatoms. The number of alkyl halides is 1.